The van der Waals surface area contributed by atoms with Crippen LogP contribution in [0.1, 0.15) is 0 Å². The normalized spacial score (nSPS) is 10.8. The van der Waals surface area contributed by atoms with Gasteiger partial charge in [-0.1, -0.05) is 6.08 Å². The highest BCUT2D eigenvalue weighted by molar-refractivity contribution is 7.92. The number of halogens is 1. The van der Waals surface area contributed by atoms with Crippen LogP contribution in [0.15, 0.2) is 66.1 Å². The number of hydrogen-bond acceptors (Lipinski definition) is 4. The number of sulfonamides is 1. The van der Waals surface area contributed by atoms with Crippen molar-refractivity contribution in [2.24, 2.45) is 0 Å². The van der Waals surface area contributed by atoms with E-state index in [1.807, 2.05) is 0 Å². The van der Waals surface area contributed by atoms with E-state index in [-0.39, 0.29) is 23.1 Å². The molecule has 0 atom stereocenters. The maximum atomic E-state index is 12.9. The first-order chi connectivity index (χ1) is 11.9. The first-order valence-corrected chi connectivity index (χ1v) is 8.78. The van der Waals surface area contributed by atoms with Crippen LogP contribution in [0.5, 0.6) is 5.75 Å². The Hall–Kier alpha value is -2.87. The lowest BCUT2D eigenvalue weighted by Gasteiger charge is -2.09. The molecule has 0 fully saturated rings. The van der Waals surface area contributed by atoms with Crippen molar-refractivity contribution in [3.05, 3.63) is 67.0 Å². The molecule has 1 amide bonds. The fraction of sp³-hybridized carbons (Fsp3) is 0.118. The van der Waals surface area contributed by atoms with E-state index in [1.165, 1.54) is 36.4 Å². The SMILES string of the molecule is C=CCNC(=O)COc1ccc(S(=O)(=O)Nc2ccc(F)cc2)cc1. The molecule has 0 aliphatic heterocycles. The number of rotatable bonds is 8. The molecule has 0 aliphatic carbocycles. The average molecular weight is 364 g/mol. The summed E-state index contributed by atoms with van der Waals surface area (Å²) < 4.78 is 45.0. The van der Waals surface area contributed by atoms with Gasteiger partial charge in [0.1, 0.15) is 11.6 Å². The summed E-state index contributed by atoms with van der Waals surface area (Å²) in [6.07, 6.45) is 1.55. The van der Waals surface area contributed by atoms with Gasteiger partial charge in [-0.25, -0.2) is 12.8 Å². The van der Waals surface area contributed by atoms with Crippen LogP contribution < -0.4 is 14.8 Å². The first-order valence-electron chi connectivity index (χ1n) is 7.29. The van der Waals surface area contributed by atoms with Gasteiger partial charge in [0.25, 0.3) is 15.9 Å². The minimum absolute atomic E-state index is 0.0142. The first kappa shape index (κ1) is 18.5. The summed E-state index contributed by atoms with van der Waals surface area (Å²) in [5.41, 5.74) is 0.251. The molecule has 25 heavy (non-hydrogen) atoms. The number of nitrogens with one attached hydrogen (secondary N) is 2. The molecule has 0 unspecified atom stereocenters. The van der Waals surface area contributed by atoms with Crippen LogP contribution in [-0.2, 0) is 14.8 Å². The largest absolute Gasteiger partial charge is 0.484 e. The molecule has 0 saturated heterocycles. The third-order valence-corrected chi connectivity index (χ3v) is 4.44. The van der Waals surface area contributed by atoms with Crippen LogP contribution in [0.3, 0.4) is 0 Å². The quantitative estimate of drug-likeness (QED) is 0.704. The summed E-state index contributed by atoms with van der Waals surface area (Å²) in [5.74, 6) is -0.411. The maximum Gasteiger partial charge on any atom is 0.261 e. The van der Waals surface area contributed by atoms with Crippen molar-refractivity contribution < 1.29 is 22.3 Å². The van der Waals surface area contributed by atoms with E-state index in [1.54, 1.807) is 6.08 Å². The molecule has 2 aromatic carbocycles. The van der Waals surface area contributed by atoms with Gasteiger partial charge < -0.3 is 10.1 Å². The molecule has 8 heteroatoms. The van der Waals surface area contributed by atoms with Crippen LogP contribution in [0.25, 0.3) is 0 Å². The van der Waals surface area contributed by atoms with Gasteiger partial charge >= 0.3 is 0 Å². The zero-order valence-corrected chi connectivity index (χ0v) is 14.1. The Morgan fingerprint density at radius 3 is 2.36 bits per heavy atom. The van der Waals surface area contributed by atoms with E-state index in [0.29, 0.717) is 12.3 Å². The minimum atomic E-state index is -3.80. The lowest BCUT2D eigenvalue weighted by Crippen LogP contribution is -2.28. The van der Waals surface area contributed by atoms with Gasteiger partial charge in [-0.15, -0.1) is 6.58 Å². The molecule has 0 aliphatic rings. The number of carbonyl (C=O) groups excluding carboxylic acids is 1. The monoisotopic (exact) mass is 364 g/mol. The van der Waals surface area contributed by atoms with Crippen molar-refractivity contribution >= 4 is 21.6 Å². The van der Waals surface area contributed by atoms with Gasteiger partial charge in [0.05, 0.1) is 4.90 Å². The van der Waals surface area contributed by atoms with Gasteiger partial charge in [-0.05, 0) is 48.5 Å². The van der Waals surface area contributed by atoms with Crippen LogP contribution in [0.2, 0.25) is 0 Å². The van der Waals surface area contributed by atoms with Gasteiger partial charge in [0.2, 0.25) is 0 Å². The number of ether oxygens (including phenoxy) is 1. The van der Waals surface area contributed by atoms with Gasteiger partial charge in [-0.3, -0.25) is 9.52 Å². The zero-order valence-electron chi connectivity index (χ0n) is 13.2. The molecule has 0 aromatic heterocycles. The van der Waals surface area contributed by atoms with E-state index < -0.39 is 15.8 Å². The predicted octanol–water partition coefficient (Wildman–Crippen LogP) is 2.31. The highest BCUT2D eigenvalue weighted by Crippen LogP contribution is 2.19. The molecule has 0 radical (unpaired) electrons. The summed E-state index contributed by atoms with van der Waals surface area (Å²) in [7, 11) is -3.80. The molecule has 0 saturated carbocycles. The molecule has 2 rings (SSSR count). The Morgan fingerprint density at radius 2 is 1.76 bits per heavy atom. The summed E-state index contributed by atoms with van der Waals surface area (Å²) in [4.78, 5) is 11.4. The summed E-state index contributed by atoms with van der Waals surface area (Å²) in [6.45, 7) is 3.64. The van der Waals surface area contributed by atoms with Crippen LogP contribution >= 0.6 is 0 Å². The Labute approximate surface area is 145 Å². The Kier molecular flexibility index (Phi) is 6.13. The smallest absolute Gasteiger partial charge is 0.261 e. The van der Waals surface area contributed by atoms with E-state index in [2.05, 4.69) is 16.6 Å². The van der Waals surface area contributed by atoms with Gasteiger partial charge in [0.15, 0.2) is 6.61 Å². The van der Waals surface area contributed by atoms with Crippen molar-refractivity contribution in [1.82, 2.24) is 5.32 Å². The van der Waals surface area contributed by atoms with E-state index in [9.17, 15) is 17.6 Å². The van der Waals surface area contributed by atoms with Crippen LogP contribution in [0, 0.1) is 5.82 Å². The van der Waals surface area contributed by atoms with Crippen LogP contribution in [-0.4, -0.2) is 27.5 Å². The van der Waals surface area contributed by atoms with Crippen molar-refractivity contribution in [2.45, 2.75) is 4.90 Å². The number of anilines is 1. The fourth-order valence-corrected chi connectivity index (χ4v) is 2.89. The highest BCUT2D eigenvalue weighted by Gasteiger charge is 2.14. The fourth-order valence-electron chi connectivity index (χ4n) is 1.83. The van der Waals surface area contributed by atoms with Crippen molar-refractivity contribution in [3.8, 4) is 5.75 Å². The molecule has 132 valence electrons. The minimum Gasteiger partial charge on any atom is -0.484 e. The second kappa shape index (κ2) is 8.29. The summed E-state index contributed by atoms with van der Waals surface area (Å²) in [5, 5.41) is 2.55. The zero-order chi connectivity index (χ0) is 18.3. The highest BCUT2D eigenvalue weighted by atomic mass is 32.2. The number of hydrogen-bond donors (Lipinski definition) is 2. The predicted molar refractivity (Wildman–Crippen MR) is 92.4 cm³/mol. The topological polar surface area (TPSA) is 84.5 Å². The van der Waals surface area contributed by atoms with Gasteiger partial charge in [-0.2, -0.15) is 0 Å². The van der Waals surface area contributed by atoms with Crippen molar-refractivity contribution in [2.75, 3.05) is 17.9 Å². The molecule has 0 heterocycles. The molecular weight excluding hydrogens is 347 g/mol. The molecular formula is C17H17FN2O4S. The molecule has 0 bridgehead atoms. The van der Waals surface area contributed by atoms with Crippen LogP contribution in [0.4, 0.5) is 10.1 Å². The lowest BCUT2D eigenvalue weighted by molar-refractivity contribution is -0.122. The lowest BCUT2D eigenvalue weighted by atomic mass is 10.3. The third kappa shape index (κ3) is 5.61. The average Bonchev–Trinajstić information content (AvgIpc) is 2.60. The summed E-state index contributed by atoms with van der Waals surface area (Å²) in [6, 6.07) is 10.6. The number of amides is 1. The molecule has 2 N–H and O–H groups in total. The van der Waals surface area contributed by atoms with Crippen molar-refractivity contribution in [3.63, 3.8) is 0 Å². The standard InChI is InChI=1S/C17H17FN2O4S/c1-2-11-19-17(21)12-24-15-7-9-16(10-8-15)25(22,23)20-14-5-3-13(18)4-6-14/h2-10,20H,1,11-12H2,(H,19,21). The van der Waals surface area contributed by atoms with E-state index >= 15 is 0 Å². The second-order valence-corrected chi connectivity index (χ2v) is 6.65. The van der Waals surface area contributed by atoms with E-state index in [0.717, 1.165) is 12.1 Å². The number of benzene rings is 2. The molecule has 6 nitrogen and oxygen atoms in total. The second-order valence-electron chi connectivity index (χ2n) is 4.97. The Morgan fingerprint density at radius 1 is 1.12 bits per heavy atom. The van der Waals surface area contributed by atoms with Crippen molar-refractivity contribution in [1.29, 1.82) is 0 Å². The molecule has 2 aromatic rings. The van der Waals surface area contributed by atoms with E-state index in [4.69, 9.17) is 4.74 Å². The third-order valence-electron chi connectivity index (χ3n) is 3.04. The Bertz CT molecular complexity index is 834. The maximum absolute atomic E-state index is 12.9. The number of carbonyl (C=O) groups is 1. The van der Waals surface area contributed by atoms with Gasteiger partial charge in [0, 0.05) is 12.2 Å². The summed E-state index contributed by atoms with van der Waals surface area (Å²) >= 11 is 0. The Balaban J connectivity index is 1.99. The molecule has 0 spiro atoms.